The van der Waals surface area contributed by atoms with Crippen LogP contribution in [0.5, 0.6) is 0 Å². The molecule has 0 bridgehead atoms. The highest BCUT2D eigenvalue weighted by Gasteiger charge is 2.09. The molecule has 1 amide bonds. The number of nitrogens with one attached hydrogen (secondary N) is 1. The fourth-order valence-electron chi connectivity index (χ4n) is 1.60. The van der Waals surface area contributed by atoms with Crippen molar-refractivity contribution in [3.8, 4) is 11.8 Å². The number of hydrogen-bond acceptors (Lipinski definition) is 3. The van der Waals surface area contributed by atoms with Gasteiger partial charge in [0.25, 0.3) is 5.91 Å². The lowest BCUT2D eigenvalue weighted by molar-refractivity contribution is 0.103. The Hall–Kier alpha value is -2.16. The summed E-state index contributed by atoms with van der Waals surface area (Å²) in [5.41, 5.74) is 0.954. The Morgan fingerprint density at radius 2 is 2.19 bits per heavy atom. The predicted octanol–water partition coefficient (Wildman–Crippen LogP) is 3.18. The average Bonchev–Trinajstić information content (AvgIpc) is 2.92. The molecule has 1 aromatic carbocycles. The molecule has 0 atom stereocenters. The molecule has 0 radical (unpaired) electrons. The molecule has 1 aromatic heterocycles. The Labute approximate surface area is 126 Å². The van der Waals surface area contributed by atoms with Crippen LogP contribution in [0.4, 0.5) is 10.1 Å². The lowest BCUT2D eigenvalue weighted by Crippen LogP contribution is -2.10. The standard InChI is InChI=1S/C16H14FNO2S/c1-11-5-6-12(10-14(11)17)18-16(20)15-8-7-13(21-15)4-2-3-9-19/h5-8,10,19H,3,9H2,1H3,(H,18,20). The van der Waals surface area contributed by atoms with Crippen LogP contribution in [-0.2, 0) is 0 Å². The van der Waals surface area contributed by atoms with E-state index in [-0.39, 0.29) is 18.3 Å². The van der Waals surface area contributed by atoms with Gasteiger partial charge in [0.1, 0.15) is 5.82 Å². The molecule has 5 heteroatoms. The zero-order chi connectivity index (χ0) is 15.2. The molecular formula is C16H14FNO2S. The first-order chi connectivity index (χ1) is 10.1. The lowest BCUT2D eigenvalue weighted by atomic mass is 10.2. The summed E-state index contributed by atoms with van der Waals surface area (Å²) in [5.74, 6) is 5.02. The maximum absolute atomic E-state index is 13.4. The van der Waals surface area contributed by atoms with Crippen molar-refractivity contribution in [2.45, 2.75) is 13.3 Å². The molecule has 0 saturated heterocycles. The number of aliphatic hydroxyl groups is 1. The third kappa shape index (κ3) is 4.15. The number of halogens is 1. The summed E-state index contributed by atoms with van der Waals surface area (Å²) < 4.78 is 13.4. The Balaban J connectivity index is 2.07. The first kappa shape index (κ1) is 15.2. The molecule has 0 saturated carbocycles. The van der Waals surface area contributed by atoms with Crippen LogP contribution >= 0.6 is 11.3 Å². The SMILES string of the molecule is Cc1ccc(NC(=O)c2ccc(C#CCCO)s2)cc1F. The molecule has 0 fully saturated rings. The molecular weight excluding hydrogens is 289 g/mol. The number of carbonyl (C=O) groups excluding carboxylic acids is 1. The van der Waals surface area contributed by atoms with Crippen molar-refractivity contribution in [3.05, 3.63) is 51.5 Å². The molecule has 0 aliphatic rings. The topological polar surface area (TPSA) is 49.3 Å². The first-order valence-electron chi connectivity index (χ1n) is 6.37. The fraction of sp³-hybridized carbons (Fsp3) is 0.188. The molecule has 2 N–H and O–H groups in total. The minimum Gasteiger partial charge on any atom is -0.395 e. The van der Waals surface area contributed by atoms with Gasteiger partial charge in [-0.25, -0.2) is 4.39 Å². The van der Waals surface area contributed by atoms with E-state index in [9.17, 15) is 9.18 Å². The monoisotopic (exact) mass is 303 g/mol. The van der Waals surface area contributed by atoms with Gasteiger partial charge >= 0.3 is 0 Å². The van der Waals surface area contributed by atoms with Crippen molar-refractivity contribution in [2.75, 3.05) is 11.9 Å². The van der Waals surface area contributed by atoms with Gasteiger partial charge < -0.3 is 10.4 Å². The van der Waals surface area contributed by atoms with Crippen LogP contribution < -0.4 is 5.32 Å². The Morgan fingerprint density at radius 3 is 2.90 bits per heavy atom. The van der Waals surface area contributed by atoms with Gasteiger partial charge in [0.2, 0.25) is 0 Å². The van der Waals surface area contributed by atoms with Gasteiger partial charge in [0.05, 0.1) is 16.4 Å². The van der Waals surface area contributed by atoms with E-state index < -0.39 is 0 Å². The quantitative estimate of drug-likeness (QED) is 0.856. The van der Waals surface area contributed by atoms with E-state index in [1.807, 2.05) is 0 Å². The normalized spacial score (nSPS) is 9.86. The fourth-order valence-corrected chi connectivity index (χ4v) is 2.37. The number of amides is 1. The summed E-state index contributed by atoms with van der Waals surface area (Å²) in [7, 11) is 0. The number of carbonyl (C=O) groups is 1. The summed E-state index contributed by atoms with van der Waals surface area (Å²) in [4.78, 5) is 13.3. The molecule has 0 unspecified atom stereocenters. The highest BCUT2D eigenvalue weighted by molar-refractivity contribution is 7.14. The second-order valence-corrected chi connectivity index (χ2v) is 5.44. The number of aryl methyl sites for hydroxylation is 1. The molecule has 0 aliphatic heterocycles. The number of anilines is 1. The molecule has 108 valence electrons. The van der Waals surface area contributed by atoms with Crippen LogP contribution in [0.3, 0.4) is 0 Å². The Bertz CT molecular complexity index is 713. The zero-order valence-corrected chi connectivity index (χ0v) is 12.3. The van der Waals surface area contributed by atoms with Crippen LogP contribution in [-0.4, -0.2) is 17.6 Å². The van der Waals surface area contributed by atoms with Crippen LogP contribution in [0.15, 0.2) is 30.3 Å². The maximum Gasteiger partial charge on any atom is 0.265 e. The average molecular weight is 303 g/mol. The molecule has 2 rings (SSSR count). The highest BCUT2D eigenvalue weighted by Crippen LogP contribution is 2.19. The highest BCUT2D eigenvalue weighted by atomic mass is 32.1. The Morgan fingerprint density at radius 1 is 1.38 bits per heavy atom. The van der Waals surface area contributed by atoms with Gasteiger partial charge in [-0.2, -0.15) is 0 Å². The number of hydrogen-bond donors (Lipinski definition) is 2. The van der Waals surface area contributed by atoms with E-state index in [1.54, 1.807) is 31.2 Å². The van der Waals surface area contributed by atoms with Gasteiger partial charge in [-0.15, -0.1) is 11.3 Å². The van der Waals surface area contributed by atoms with Crippen LogP contribution in [0.25, 0.3) is 0 Å². The summed E-state index contributed by atoms with van der Waals surface area (Å²) >= 11 is 1.26. The van der Waals surface area contributed by atoms with Crippen molar-refractivity contribution in [2.24, 2.45) is 0 Å². The van der Waals surface area contributed by atoms with Crippen LogP contribution in [0, 0.1) is 24.6 Å². The second-order valence-electron chi connectivity index (χ2n) is 4.36. The number of aliphatic hydroxyl groups excluding tert-OH is 1. The molecule has 1 heterocycles. The molecule has 3 nitrogen and oxygen atoms in total. The van der Waals surface area contributed by atoms with Crippen molar-refractivity contribution < 1.29 is 14.3 Å². The van der Waals surface area contributed by atoms with Gasteiger partial charge in [-0.3, -0.25) is 4.79 Å². The van der Waals surface area contributed by atoms with E-state index in [1.165, 1.54) is 17.4 Å². The minimum atomic E-state index is -0.352. The summed E-state index contributed by atoms with van der Waals surface area (Å²) in [5, 5.41) is 11.3. The van der Waals surface area contributed by atoms with Gasteiger partial charge in [-0.1, -0.05) is 17.9 Å². The molecule has 21 heavy (non-hydrogen) atoms. The van der Waals surface area contributed by atoms with E-state index in [0.717, 1.165) is 4.88 Å². The van der Waals surface area contributed by atoms with E-state index >= 15 is 0 Å². The zero-order valence-electron chi connectivity index (χ0n) is 11.4. The van der Waals surface area contributed by atoms with Crippen molar-refractivity contribution in [1.29, 1.82) is 0 Å². The molecule has 0 spiro atoms. The molecule has 0 aliphatic carbocycles. The van der Waals surface area contributed by atoms with E-state index in [2.05, 4.69) is 17.2 Å². The van der Waals surface area contributed by atoms with Gasteiger partial charge in [-0.05, 0) is 36.8 Å². The van der Waals surface area contributed by atoms with Crippen molar-refractivity contribution in [3.63, 3.8) is 0 Å². The maximum atomic E-state index is 13.4. The summed E-state index contributed by atoms with van der Waals surface area (Å²) in [6, 6.07) is 7.99. The largest absolute Gasteiger partial charge is 0.395 e. The number of thiophene rings is 1. The first-order valence-corrected chi connectivity index (χ1v) is 7.19. The summed E-state index contributed by atoms with van der Waals surface area (Å²) in [6.07, 6.45) is 0.405. The van der Waals surface area contributed by atoms with Crippen molar-refractivity contribution in [1.82, 2.24) is 0 Å². The van der Waals surface area contributed by atoms with E-state index in [4.69, 9.17) is 5.11 Å². The Kier molecular flexibility index (Phi) is 5.09. The van der Waals surface area contributed by atoms with Crippen LogP contribution in [0.2, 0.25) is 0 Å². The third-order valence-electron chi connectivity index (χ3n) is 2.71. The van der Waals surface area contributed by atoms with Gasteiger partial charge in [0, 0.05) is 12.1 Å². The number of rotatable bonds is 3. The second kappa shape index (κ2) is 7.02. The lowest BCUT2D eigenvalue weighted by Gasteiger charge is -2.04. The number of benzene rings is 1. The third-order valence-corrected chi connectivity index (χ3v) is 3.71. The van der Waals surface area contributed by atoms with Crippen LogP contribution in [0.1, 0.15) is 26.5 Å². The van der Waals surface area contributed by atoms with Gasteiger partial charge in [0.15, 0.2) is 0 Å². The van der Waals surface area contributed by atoms with Crippen molar-refractivity contribution >= 4 is 22.9 Å². The smallest absolute Gasteiger partial charge is 0.265 e. The van der Waals surface area contributed by atoms with E-state index in [0.29, 0.717) is 22.5 Å². The predicted molar refractivity (Wildman–Crippen MR) is 82.0 cm³/mol. The molecule has 2 aromatic rings. The minimum absolute atomic E-state index is 0.0186. The summed E-state index contributed by atoms with van der Waals surface area (Å²) in [6.45, 7) is 1.68.